The first kappa shape index (κ1) is 14.5. The van der Waals surface area contributed by atoms with Gasteiger partial charge in [0.2, 0.25) is 5.91 Å². The quantitative estimate of drug-likeness (QED) is 0.835. The number of rotatable bonds is 3. The molecule has 20 heavy (non-hydrogen) atoms. The van der Waals surface area contributed by atoms with Crippen LogP contribution in [0.25, 0.3) is 0 Å². The van der Waals surface area contributed by atoms with E-state index in [9.17, 15) is 9.59 Å². The van der Waals surface area contributed by atoms with E-state index in [1.165, 1.54) is 4.90 Å². The van der Waals surface area contributed by atoms with Crippen molar-refractivity contribution >= 4 is 11.9 Å². The molecule has 0 spiro atoms. The third-order valence-corrected chi connectivity index (χ3v) is 3.72. The number of carbonyl (C=O) groups excluding carboxylic acids is 1. The minimum atomic E-state index is -1.03. The first-order valence-corrected chi connectivity index (χ1v) is 6.51. The van der Waals surface area contributed by atoms with Crippen LogP contribution >= 0.6 is 0 Å². The Morgan fingerprint density at radius 2 is 2.15 bits per heavy atom. The second kappa shape index (κ2) is 5.62. The van der Waals surface area contributed by atoms with Gasteiger partial charge in [-0.05, 0) is 13.8 Å². The molecule has 0 radical (unpaired) electrons. The Morgan fingerprint density at radius 1 is 1.45 bits per heavy atom. The number of carboxylic acids is 1. The molecule has 1 aromatic heterocycles. The number of carboxylic acid groups (broad SMARTS) is 1. The van der Waals surface area contributed by atoms with Crippen molar-refractivity contribution in [2.45, 2.75) is 26.3 Å². The van der Waals surface area contributed by atoms with Gasteiger partial charge >= 0.3 is 5.97 Å². The van der Waals surface area contributed by atoms with Gasteiger partial charge in [-0.25, -0.2) is 4.79 Å². The smallest absolute Gasteiger partial charge is 0.328 e. The standard InChI is InChI=1S/C13H19N3O4/c1-8-10(9(2)15(3)14-8)6-12(17)16-4-5-20-7-11(16)13(18)19/h11H,4-7H2,1-3H3,(H,18,19)/t11-/m1/s1. The number of carbonyl (C=O) groups is 2. The summed E-state index contributed by atoms with van der Waals surface area (Å²) in [7, 11) is 1.82. The lowest BCUT2D eigenvalue weighted by atomic mass is 10.1. The molecule has 0 saturated carbocycles. The lowest BCUT2D eigenvalue weighted by Gasteiger charge is -2.32. The SMILES string of the molecule is Cc1nn(C)c(C)c1CC(=O)N1CCOC[C@@H]1C(=O)O. The van der Waals surface area contributed by atoms with Crippen LogP contribution in [0.2, 0.25) is 0 Å². The largest absolute Gasteiger partial charge is 0.480 e. The fourth-order valence-electron chi connectivity index (χ4n) is 2.43. The van der Waals surface area contributed by atoms with Crippen molar-refractivity contribution in [3.05, 3.63) is 17.0 Å². The van der Waals surface area contributed by atoms with Crippen molar-refractivity contribution in [1.29, 1.82) is 0 Å². The van der Waals surface area contributed by atoms with Crippen LogP contribution in [-0.4, -0.2) is 57.5 Å². The topological polar surface area (TPSA) is 84.7 Å². The molecule has 110 valence electrons. The molecular formula is C13H19N3O4. The Morgan fingerprint density at radius 3 is 2.70 bits per heavy atom. The van der Waals surface area contributed by atoms with Crippen molar-refractivity contribution in [3.63, 3.8) is 0 Å². The number of morpholine rings is 1. The Balaban J connectivity index is 2.16. The van der Waals surface area contributed by atoms with E-state index in [-0.39, 0.29) is 18.9 Å². The summed E-state index contributed by atoms with van der Waals surface area (Å²) in [5.41, 5.74) is 2.60. The van der Waals surface area contributed by atoms with Gasteiger partial charge in [0.15, 0.2) is 6.04 Å². The van der Waals surface area contributed by atoms with E-state index in [1.807, 2.05) is 20.9 Å². The van der Waals surface area contributed by atoms with Crippen molar-refractivity contribution in [3.8, 4) is 0 Å². The molecule has 1 N–H and O–H groups in total. The second-order valence-corrected chi connectivity index (χ2v) is 4.97. The molecule has 7 nitrogen and oxygen atoms in total. The predicted octanol–water partition coefficient (Wildman–Crippen LogP) is -0.109. The van der Waals surface area contributed by atoms with Crippen LogP contribution < -0.4 is 0 Å². The molecule has 1 atom stereocenters. The summed E-state index contributed by atoms with van der Waals surface area (Å²) >= 11 is 0. The van der Waals surface area contributed by atoms with Crippen molar-refractivity contribution in [2.24, 2.45) is 7.05 Å². The zero-order valence-electron chi connectivity index (χ0n) is 11.9. The number of ether oxygens (including phenoxy) is 1. The molecule has 1 saturated heterocycles. The maximum Gasteiger partial charge on any atom is 0.328 e. The van der Waals surface area contributed by atoms with Crippen LogP contribution in [0.15, 0.2) is 0 Å². The highest BCUT2D eigenvalue weighted by Gasteiger charge is 2.33. The Labute approximate surface area is 117 Å². The summed E-state index contributed by atoms with van der Waals surface area (Å²) in [6.07, 6.45) is 0.176. The van der Waals surface area contributed by atoms with Gasteiger partial charge in [0.05, 0.1) is 25.3 Å². The van der Waals surface area contributed by atoms with Gasteiger partial charge in [-0.15, -0.1) is 0 Å². The van der Waals surface area contributed by atoms with Gasteiger partial charge in [-0.1, -0.05) is 0 Å². The highest BCUT2D eigenvalue weighted by molar-refractivity contribution is 5.85. The normalized spacial score (nSPS) is 19.1. The van der Waals surface area contributed by atoms with E-state index in [4.69, 9.17) is 9.84 Å². The zero-order chi connectivity index (χ0) is 14.9. The summed E-state index contributed by atoms with van der Waals surface area (Å²) in [5, 5.41) is 13.4. The summed E-state index contributed by atoms with van der Waals surface area (Å²) < 4.78 is 6.86. The number of aromatic nitrogens is 2. The summed E-state index contributed by atoms with van der Waals surface area (Å²) in [5.74, 6) is -1.22. The number of aliphatic carboxylic acids is 1. The van der Waals surface area contributed by atoms with E-state index in [1.54, 1.807) is 4.68 Å². The lowest BCUT2D eigenvalue weighted by Crippen LogP contribution is -2.53. The monoisotopic (exact) mass is 281 g/mol. The van der Waals surface area contributed by atoms with Crippen LogP contribution in [-0.2, 0) is 27.8 Å². The van der Waals surface area contributed by atoms with Gasteiger partial charge < -0.3 is 14.7 Å². The number of amides is 1. The molecule has 2 rings (SSSR count). The molecule has 0 unspecified atom stereocenters. The molecule has 7 heteroatoms. The maximum absolute atomic E-state index is 12.4. The molecule has 0 aliphatic carbocycles. The first-order chi connectivity index (χ1) is 9.41. The molecular weight excluding hydrogens is 262 g/mol. The average Bonchev–Trinajstić information content (AvgIpc) is 2.65. The highest BCUT2D eigenvalue weighted by atomic mass is 16.5. The van der Waals surface area contributed by atoms with Crippen LogP contribution in [0.5, 0.6) is 0 Å². The van der Waals surface area contributed by atoms with Gasteiger partial charge in [0, 0.05) is 24.8 Å². The van der Waals surface area contributed by atoms with E-state index in [0.29, 0.717) is 13.2 Å². The molecule has 1 aliphatic rings. The molecule has 1 fully saturated rings. The minimum absolute atomic E-state index is 0.0477. The molecule has 0 bridgehead atoms. The number of aryl methyl sites for hydroxylation is 2. The van der Waals surface area contributed by atoms with E-state index in [0.717, 1.165) is 17.0 Å². The molecule has 2 heterocycles. The second-order valence-electron chi connectivity index (χ2n) is 4.97. The third-order valence-electron chi connectivity index (χ3n) is 3.72. The van der Waals surface area contributed by atoms with Gasteiger partial charge in [0.25, 0.3) is 0 Å². The fourth-order valence-corrected chi connectivity index (χ4v) is 2.43. The minimum Gasteiger partial charge on any atom is -0.480 e. The summed E-state index contributed by atoms with van der Waals surface area (Å²) in [6.45, 7) is 4.49. The van der Waals surface area contributed by atoms with Gasteiger partial charge in [-0.2, -0.15) is 5.10 Å². The summed E-state index contributed by atoms with van der Waals surface area (Å²) in [4.78, 5) is 24.9. The molecule has 1 aliphatic heterocycles. The van der Waals surface area contributed by atoms with Crippen molar-refractivity contribution in [2.75, 3.05) is 19.8 Å². The maximum atomic E-state index is 12.4. The van der Waals surface area contributed by atoms with E-state index >= 15 is 0 Å². The zero-order valence-corrected chi connectivity index (χ0v) is 11.9. The van der Waals surface area contributed by atoms with Crippen molar-refractivity contribution in [1.82, 2.24) is 14.7 Å². The number of nitrogens with zero attached hydrogens (tertiary/aromatic N) is 3. The fraction of sp³-hybridized carbons (Fsp3) is 0.615. The first-order valence-electron chi connectivity index (χ1n) is 6.51. The summed E-state index contributed by atoms with van der Waals surface area (Å²) in [6, 6.07) is -0.895. The van der Waals surface area contributed by atoms with Gasteiger partial charge in [-0.3, -0.25) is 9.48 Å². The predicted molar refractivity (Wildman–Crippen MR) is 70.3 cm³/mol. The van der Waals surface area contributed by atoms with Crippen LogP contribution in [0.1, 0.15) is 17.0 Å². The Bertz CT molecular complexity index is 538. The van der Waals surface area contributed by atoms with Crippen LogP contribution in [0.3, 0.4) is 0 Å². The van der Waals surface area contributed by atoms with Gasteiger partial charge in [0.1, 0.15) is 0 Å². The average molecular weight is 281 g/mol. The van der Waals surface area contributed by atoms with Crippen molar-refractivity contribution < 1.29 is 19.4 Å². The highest BCUT2D eigenvalue weighted by Crippen LogP contribution is 2.16. The molecule has 1 amide bonds. The third kappa shape index (κ3) is 2.67. The molecule has 1 aromatic rings. The van der Waals surface area contributed by atoms with E-state index in [2.05, 4.69) is 5.10 Å². The number of hydrogen-bond acceptors (Lipinski definition) is 4. The van der Waals surface area contributed by atoms with Crippen LogP contribution in [0, 0.1) is 13.8 Å². The van der Waals surface area contributed by atoms with Crippen LogP contribution in [0.4, 0.5) is 0 Å². The molecule has 0 aromatic carbocycles. The van der Waals surface area contributed by atoms with E-state index < -0.39 is 12.0 Å². The number of hydrogen-bond donors (Lipinski definition) is 1. The Kier molecular flexibility index (Phi) is 4.08. The Hall–Kier alpha value is -1.89. The lowest BCUT2D eigenvalue weighted by molar-refractivity contribution is -0.158.